The number of aromatic nitrogens is 1. The summed E-state index contributed by atoms with van der Waals surface area (Å²) in [7, 11) is 0. The van der Waals surface area contributed by atoms with Crippen molar-refractivity contribution in [1.29, 1.82) is 0 Å². The zero-order valence-electron chi connectivity index (χ0n) is 19.5. The van der Waals surface area contributed by atoms with Crippen LogP contribution in [-0.4, -0.2) is 39.4 Å². The van der Waals surface area contributed by atoms with Crippen LogP contribution in [0.1, 0.15) is 37.3 Å². The van der Waals surface area contributed by atoms with Gasteiger partial charge in [-0.3, -0.25) is 9.69 Å². The van der Waals surface area contributed by atoms with Crippen LogP contribution in [0, 0.1) is 0 Å². The number of para-hydroxylation sites is 1. The van der Waals surface area contributed by atoms with Gasteiger partial charge in [-0.25, -0.2) is 9.78 Å². The van der Waals surface area contributed by atoms with E-state index in [0.717, 1.165) is 41.3 Å². The van der Waals surface area contributed by atoms with Gasteiger partial charge in [-0.05, 0) is 68.1 Å². The zero-order valence-corrected chi connectivity index (χ0v) is 20.3. The number of benzene rings is 2. The fourth-order valence-corrected chi connectivity index (χ4v) is 6.38. The van der Waals surface area contributed by atoms with Crippen LogP contribution in [0.3, 0.4) is 0 Å². The van der Waals surface area contributed by atoms with Crippen LogP contribution in [0.2, 0.25) is 0 Å². The molecule has 6 rings (SSSR count). The first kappa shape index (κ1) is 22.9. The number of nitrogens with one attached hydrogen (secondary N) is 2. The van der Waals surface area contributed by atoms with Crippen molar-refractivity contribution >= 4 is 35.1 Å². The number of rotatable bonds is 5. The van der Waals surface area contributed by atoms with Crippen LogP contribution in [0.15, 0.2) is 71.9 Å². The summed E-state index contributed by atoms with van der Waals surface area (Å²) < 4.78 is 5.88. The molecule has 1 aliphatic carbocycles. The molecule has 2 aromatic carbocycles. The Morgan fingerprint density at radius 2 is 1.86 bits per heavy atom. The number of urea groups is 1. The van der Waals surface area contributed by atoms with Crippen LogP contribution in [0.5, 0.6) is 11.5 Å². The van der Waals surface area contributed by atoms with Crippen molar-refractivity contribution in [2.75, 3.05) is 4.90 Å². The number of hydrogen-bond donors (Lipinski definition) is 3. The number of aliphatic hydroxyl groups is 1. The molecule has 3 N–H and O–H groups in total. The summed E-state index contributed by atoms with van der Waals surface area (Å²) in [5.41, 5.74) is 2.27. The Balaban J connectivity index is 1.23. The third-order valence-corrected chi connectivity index (χ3v) is 8.12. The molecule has 2 unspecified atom stereocenters. The summed E-state index contributed by atoms with van der Waals surface area (Å²) in [5, 5.41) is 16.3. The molecule has 1 saturated carbocycles. The molecule has 36 heavy (non-hydrogen) atoms. The summed E-state index contributed by atoms with van der Waals surface area (Å²) in [6.07, 6.45) is 4.38. The highest BCUT2D eigenvalue weighted by Gasteiger charge is 2.47. The van der Waals surface area contributed by atoms with Gasteiger partial charge < -0.3 is 20.5 Å². The van der Waals surface area contributed by atoms with E-state index in [2.05, 4.69) is 15.6 Å². The standard InChI is InChI=1S/C27H26N4O4S/c32-18-6-4-5-16(15-18)29-25(33)24-23-22-21(13-14-28-26(22)36-24)31(27(34)30-23)17-9-11-20(12-10-17)35-19-7-2-1-3-8-19/h1-3,7-14,16,18,23-24,32H,4-6,15H2,(H,29,33)(H,30,34)/t16-,18-,23?,24?/m0/s1. The number of ether oxygens (including phenoxy) is 1. The van der Waals surface area contributed by atoms with Crippen LogP contribution >= 0.6 is 11.8 Å². The maximum atomic E-state index is 13.3. The highest BCUT2D eigenvalue weighted by atomic mass is 32.2. The highest BCUT2D eigenvalue weighted by molar-refractivity contribution is 8.01. The second kappa shape index (κ2) is 9.48. The second-order valence-corrected chi connectivity index (χ2v) is 10.4. The van der Waals surface area contributed by atoms with Crippen LogP contribution in [0.4, 0.5) is 16.2 Å². The number of carbonyl (C=O) groups is 2. The Bertz CT molecular complexity index is 1290. The molecule has 9 heteroatoms. The first-order valence-electron chi connectivity index (χ1n) is 12.1. The van der Waals surface area contributed by atoms with Gasteiger partial charge in [-0.15, -0.1) is 0 Å². The monoisotopic (exact) mass is 502 g/mol. The first-order valence-corrected chi connectivity index (χ1v) is 13.0. The van der Waals surface area contributed by atoms with Gasteiger partial charge in [0.1, 0.15) is 21.8 Å². The molecule has 0 spiro atoms. The highest BCUT2D eigenvalue weighted by Crippen LogP contribution is 2.50. The van der Waals surface area contributed by atoms with E-state index in [-0.39, 0.29) is 24.1 Å². The van der Waals surface area contributed by atoms with Gasteiger partial charge in [0, 0.05) is 17.8 Å². The van der Waals surface area contributed by atoms with E-state index in [1.165, 1.54) is 11.8 Å². The molecule has 2 aliphatic heterocycles. The maximum absolute atomic E-state index is 13.3. The average molecular weight is 503 g/mol. The summed E-state index contributed by atoms with van der Waals surface area (Å²) >= 11 is 1.38. The van der Waals surface area contributed by atoms with Gasteiger partial charge in [0.05, 0.1) is 23.5 Å². The minimum atomic E-state index is -0.513. The van der Waals surface area contributed by atoms with Crippen molar-refractivity contribution < 1.29 is 19.4 Å². The molecule has 3 heterocycles. The second-order valence-electron chi connectivity index (χ2n) is 9.28. The number of anilines is 2. The number of hydrogen-bond acceptors (Lipinski definition) is 6. The van der Waals surface area contributed by atoms with Crippen LogP contribution < -0.4 is 20.3 Å². The van der Waals surface area contributed by atoms with Gasteiger partial charge in [0.25, 0.3) is 0 Å². The average Bonchev–Trinajstić information content (AvgIpc) is 3.25. The zero-order chi connectivity index (χ0) is 24.6. The fourth-order valence-electron chi connectivity index (χ4n) is 5.15. The molecule has 3 aromatic rings. The smallest absolute Gasteiger partial charge is 0.327 e. The van der Waals surface area contributed by atoms with E-state index < -0.39 is 11.3 Å². The Labute approximate surface area is 213 Å². The lowest BCUT2D eigenvalue weighted by Gasteiger charge is -2.34. The predicted octanol–water partition coefficient (Wildman–Crippen LogP) is 4.67. The Kier molecular flexibility index (Phi) is 6.02. The van der Waals surface area contributed by atoms with Gasteiger partial charge in [0.15, 0.2) is 0 Å². The number of thioether (sulfide) groups is 1. The lowest BCUT2D eigenvalue weighted by Crippen LogP contribution is -2.50. The number of amides is 3. The van der Waals surface area contributed by atoms with Gasteiger partial charge in [0.2, 0.25) is 5.91 Å². The third-order valence-electron chi connectivity index (χ3n) is 6.83. The molecular weight excluding hydrogens is 476 g/mol. The van der Waals surface area contributed by atoms with Crippen molar-refractivity contribution in [2.45, 2.75) is 54.1 Å². The van der Waals surface area contributed by atoms with Crippen LogP contribution in [0.25, 0.3) is 0 Å². The molecule has 1 aromatic heterocycles. The van der Waals surface area contributed by atoms with Crippen molar-refractivity contribution in [2.24, 2.45) is 0 Å². The summed E-state index contributed by atoms with van der Waals surface area (Å²) in [6, 6.07) is 17.8. The summed E-state index contributed by atoms with van der Waals surface area (Å²) in [6.45, 7) is 0. The van der Waals surface area contributed by atoms with Gasteiger partial charge in [-0.1, -0.05) is 30.0 Å². The van der Waals surface area contributed by atoms with Crippen molar-refractivity contribution in [3.8, 4) is 11.5 Å². The van der Waals surface area contributed by atoms with E-state index in [9.17, 15) is 14.7 Å². The summed E-state index contributed by atoms with van der Waals surface area (Å²) in [4.78, 5) is 32.7. The number of pyridine rings is 1. The van der Waals surface area contributed by atoms with Crippen molar-refractivity contribution in [1.82, 2.24) is 15.6 Å². The van der Waals surface area contributed by atoms with Crippen molar-refractivity contribution in [3.05, 3.63) is 72.4 Å². The topological polar surface area (TPSA) is 104 Å². The SMILES string of the molecule is O=C(N[C@H]1CCC[C@H](O)C1)C1Sc2nccc3c2C1NC(=O)N3c1ccc(Oc2ccccc2)cc1. The van der Waals surface area contributed by atoms with Gasteiger partial charge >= 0.3 is 6.03 Å². The van der Waals surface area contributed by atoms with E-state index in [1.54, 1.807) is 11.1 Å². The molecule has 8 nitrogen and oxygen atoms in total. The molecule has 1 fully saturated rings. The minimum absolute atomic E-state index is 0.0506. The lowest BCUT2D eigenvalue weighted by atomic mass is 9.92. The van der Waals surface area contributed by atoms with E-state index in [1.807, 2.05) is 60.7 Å². The molecule has 3 amide bonds. The fraction of sp³-hybridized carbons (Fsp3) is 0.296. The third kappa shape index (κ3) is 4.29. The Hall–Kier alpha value is -3.56. The Morgan fingerprint density at radius 3 is 2.64 bits per heavy atom. The Morgan fingerprint density at radius 1 is 1.08 bits per heavy atom. The first-order chi connectivity index (χ1) is 17.6. The van der Waals surface area contributed by atoms with Crippen LogP contribution in [-0.2, 0) is 4.79 Å². The van der Waals surface area contributed by atoms with Gasteiger partial charge in [-0.2, -0.15) is 0 Å². The molecule has 0 bridgehead atoms. The predicted molar refractivity (Wildman–Crippen MR) is 137 cm³/mol. The molecule has 0 radical (unpaired) electrons. The minimum Gasteiger partial charge on any atom is -0.457 e. The van der Waals surface area contributed by atoms with Crippen molar-refractivity contribution in [3.63, 3.8) is 0 Å². The largest absolute Gasteiger partial charge is 0.457 e. The van der Waals surface area contributed by atoms with E-state index in [0.29, 0.717) is 17.9 Å². The number of nitrogens with zero attached hydrogens (tertiary/aromatic N) is 2. The molecule has 184 valence electrons. The van der Waals surface area contributed by atoms with E-state index >= 15 is 0 Å². The molecule has 0 saturated heterocycles. The quantitative estimate of drug-likeness (QED) is 0.469. The summed E-state index contributed by atoms with van der Waals surface area (Å²) in [5.74, 6) is 1.27. The molecule has 3 aliphatic rings. The molecule has 4 atom stereocenters. The maximum Gasteiger partial charge on any atom is 0.327 e. The number of carbonyl (C=O) groups excluding carboxylic acids is 2. The van der Waals surface area contributed by atoms with E-state index in [4.69, 9.17) is 4.74 Å². The normalized spacial score (nSPS) is 24.6. The lowest BCUT2D eigenvalue weighted by molar-refractivity contribution is -0.122. The number of aliphatic hydroxyl groups excluding tert-OH is 1. The molecular formula is C27H26N4O4S.